The fourth-order valence-electron chi connectivity index (χ4n) is 2.19. The number of hydrogen-bond acceptors (Lipinski definition) is 4. The van der Waals surface area contributed by atoms with E-state index in [1.54, 1.807) is 19.5 Å². The Morgan fingerprint density at radius 1 is 1.65 bits per heavy atom. The van der Waals surface area contributed by atoms with Crippen molar-refractivity contribution in [3.8, 4) is 0 Å². The van der Waals surface area contributed by atoms with Gasteiger partial charge in [-0.15, -0.1) is 0 Å². The Hall–Kier alpha value is -0.680. The molecule has 1 aliphatic rings. The standard InChI is InChI=1S/C12H18ClN3O/c1-17-12(8-2-3-8)11(16-14)6-9-4-5-15-7-10(9)13/h4-5,7-8,11-12,16H,2-3,6,14H2,1H3. The van der Waals surface area contributed by atoms with Crippen molar-refractivity contribution in [1.82, 2.24) is 10.4 Å². The molecule has 1 saturated carbocycles. The molecule has 17 heavy (non-hydrogen) atoms. The first-order valence-electron chi connectivity index (χ1n) is 5.83. The molecule has 0 saturated heterocycles. The largest absolute Gasteiger partial charge is 0.379 e. The van der Waals surface area contributed by atoms with Crippen LogP contribution in [0.3, 0.4) is 0 Å². The van der Waals surface area contributed by atoms with Gasteiger partial charge in [0, 0.05) is 19.5 Å². The van der Waals surface area contributed by atoms with E-state index in [0.29, 0.717) is 10.9 Å². The minimum Gasteiger partial charge on any atom is -0.379 e. The van der Waals surface area contributed by atoms with Gasteiger partial charge in [0.05, 0.1) is 17.2 Å². The lowest BCUT2D eigenvalue weighted by molar-refractivity contribution is 0.0511. The number of rotatable bonds is 6. The Bertz CT molecular complexity index is 371. The molecule has 3 N–H and O–H groups in total. The van der Waals surface area contributed by atoms with Gasteiger partial charge < -0.3 is 4.74 Å². The van der Waals surface area contributed by atoms with Crippen molar-refractivity contribution >= 4 is 11.6 Å². The van der Waals surface area contributed by atoms with Crippen molar-refractivity contribution in [3.63, 3.8) is 0 Å². The lowest BCUT2D eigenvalue weighted by Gasteiger charge is -2.25. The van der Waals surface area contributed by atoms with Crippen molar-refractivity contribution in [3.05, 3.63) is 29.0 Å². The number of hydrogen-bond donors (Lipinski definition) is 2. The summed E-state index contributed by atoms with van der Waals surface area (Å²) in [5.41, 5.74) is 3.89. The van der Waals surface area contributed by atoms with Crippen LogP contribution >= 0.6 is 11.6 Å². The minimum atomic E-state index is 0.0902. The molecule has 1 aliphatic carbocycles. The van der Waals surface area contributed by atoms with E-state index in [2.05, 4.69) is 10.4 Å². The van der Waals surface area contributed by atoms with Crippen molar-refractivity contribution in [1.29, 1.82) is 0 Å². The summed E-state index contributed by atoms with van der Waals surface area (Å²) >= 11 is 6.10. The van der Waals surface area contributed by atoms with E-state index in [1.165, 1.54) is 12.8 Å². The molecule has 0 amide bonds. The normalized spacial score (nSPS) is 19.0. The summed E-state index contributed by atoms with van der Waals surface area (Å²) in [4.78, 5) is 3.98. The Kier molecular flexibility index (Phi) is 4.34. The number of aromatic nitrogens is 1. The van der Waals surface area contributed by atoms with Crippen molar-refractivity contribution in [2.24, 2.45) is 11.8 Å². The van der Waals surface area contributed by atoms with Gasteiger partial charge in [-0.1, -0.05) is 11.6 Å². The van der Waals surface area contributed by atoms with Gasteiger partial charge in [0.2, 0.25) is 0 Å². The molecule has 0 radical (unpaired) electrons. The van der Waals surface area contributed by atoms with E-state index in [9.17, 15) is 0 Å². The number of pyridine rings is 1. The third kappa shape index (κ3) is 3.16. The molecule has 94 valence electrons. The topological polar surface area (TPSA) is 60.2 Å². The van der Waals surface area contributed by atoms with E-state index in [0.717, 1.165) is 12.0 Å². The van der Waals surface area contributed by atoms with Gasteiger partial charge in [-0.2, -0.15) is 0 Å². The van der Waals surface area contributed by atoms with Gasteiger partial charge in [0.1, 0.15) is 0 Å². The van der Waals surface area contributed by atoms with E-state index in [-0.39, 0.29) is 12.1 Å². The molecule has 1 aromatic rings. The summed E-state index contributed by atoms with van der Waals surface area (Å²) in [5.74, 6) is 6.25. The van der Waals surface area contributed by atoms with Crippen LogP contribution in [0, 0.1) is 5.92 Å². The van der Waals surface area contributed by atoms with Crippen LogP contribution in [0.2, 0.25) is 5.02 Å². The van der Waals surface area contributed by atoms with Gasteiger partial charge in [0.15, 0.2) is 0 Å². The highest BCUT2D eigenvalue weighted by atomic mass is 35.5. The summed E-state index contributed by atoms with van der Waals surface area (Å²) in [6.07, 6.45) is 6.76. The Morgan fingerprint density at radius 2 is 2.41 bits per heavy atom. The number of methoxy groups -OCH3 is 1. The van der Waals surface area contributed by atoms with E-state index >= 15 is 0 Å². The molecule has 2 unspecified atom stereocenters. The highest BCUT2D eigenvalue weighted by Gasteiger charge is 2.36. The van der Waals surface area contributed by atoms with Crippen molar-refractivity contribution in [2.45, 2.75) is 31.4 Å². The van der Waals surface area contributed by atoms with E-state index in [4.69, 9.17) is 22.2 Å². The predicted molar refractivity (Wildman–Crippen MR) is 67.6 cm³/mol. The second-order valence-corrected chi connectivity index (χ2v) is 4.89. The van der Waals surface area contributed by atoms with Crippen LogP contribution in [0.4, 0.5) is 0 Å². The first-order valence-corrected chi connectivity index (χ1v) is 6.21. The maximum atomic E-state index is 6.10. The fraction of sp³-hybridized carbons (Fsp3) is 0.583. The SMILES string of the molecule is COC(C1CC1)C(Cc1ccncc1Cl)NN. The van der Waals surface area contributed by atoms with Crippen LogP contribution in [0.15, 0.2) is 18.5 Å². The molecule has 0 aromatic carbocycles. The number of ether oxygens (including phenoxy) is 1. The van der Waals surface area contributed by atoms with Crippen molar-refractivity contribution in [2.75, 3.05) is 7.11 Å². The van der Waals surface area contributed by atoms with Crippen molar-refractivity contribution < 1.29 is 4.74 Å². The number of nitrogens with two attached hydrogens (primary N) is 1. The first kappa shape index (κ1) is 12.8. The summed E-state index contributed by atoms with van der Waals surface area (Å²) in [6, 6.07) is 2.01. The van der Waals surface area contributed by atoms with Gasteiger partial charge in [-0.25, -0.2) is 0 Å². The maximum absolute atomic E-state index is 6.10. The van der Waals surface area contributed by atoms with Crippen LogP contribution in [-0.4, -0.2) is 24.2 Å². The maximum Gasteiger partial charge on any atom is 0.0769 e. The zero-order valence-corrected chi connectivity index (χ0v) is 10.7. The van der Waals surface area contributed by atoms with Gasteiger partial charge in [-0.3, -0.25) is 16.3 Å². The number of hydrazine groups is 1. The summed E-state index contributed by atoms with van der Waals surface area (Å²) in [6.45, 7) is 0. The molecule has 0 bridgehead atoms. The molecule has 2 atom stereocenters. The predicted octanol–water partition coefficient (Wildman–Crippen LogP) is 1.53. The summed E-state index contributed by atoms with van der Waals surface area (Å²) < 4.78 is 5.54. The molecule has 1 fully saturated rings. The van der Waals surface area contributed by atoms with Crippen LogP contribution in [0.1, 0.15) is 18.4 Å². The second-order valence-electron chi connectivity index (χ2n) is 4.48. The molecular weight excluding hydrogens is 238 g/mol. The number of nitrogens with one attached hydrogen (secondary N) is 1. The quantitative estimate of drug-likeness (QED) is 0.598. The highest BCUT2D eigenvalue weighted by molar-refractivity contribution is 6.31. The van der Waals surface area contributed by atoms with Gasteiger partial charge in [0.25, 0.3) is 0 Å². The molecule has 0 aliphatic heterocycles. The Labute approximate surface area is 106 Å². The molecule has 1 heterocycles. The smallest absolute Gasteiger partial charge is 0.0769 e. The lowest BCUT2D eigenvalue weighted by Crippen LogP contribution is -2.47. The average Bonchev–Trinajstić information content (AvgIpc) is 3.15. The highest BCUT2D eigenvalue weighted by Crippen LogP contribution is 2.36. The lowest BCUT2D eigenvalue weighted by atomic mass is 9.99. The molecule has 1 aromatic heterocycles. The zero-order valence-electron chi connectivity index (χ0n) is 9.90. The molecule has 4 nitrogen and oxygen atoms in total. The van der Waals surface area contributed by atoms with Crippen LogP contribution in [-0.2, 0) is 11.2 Å². The first-order chi connectivity index (χ1) is 8.26. The van der Waals surface area contributed by atoms with Crippen LogP contribution in [0.25, 0.3) is 0 Å². The zero-order chi connectivity index (χ0) is 12.3. The second kappa shape index (κ2) is 5.78. The van der Waals surface area contributed by atoms with Gasteiger partial charge >= 0.3 is 0 Å². The third-order valence-electron chi connectivity index (χ3n) is 3.27. The number of halogens is 1. The average molecular weight is 256 g/mol. The van der Waals surface area contributed by atoms with Gasteiger partial charge in [-0.05, 0) is 36.8 Å². The van der Waals surface area contributed by atoms with E-state index < -0.39 is 0 Å². The molecule has 2 rings (SSSR count). The molecular formula is C12H18ClN3O. The van der Waals surface area contributed by atoms with Crippen LogP contribution < -0.4 is 11.3 Å². The monoisotopic (exact) mass is 255 g/mol. The molecule has 5 heteroatoms. The summed E-state index contributed by atoms with van der Waals surface area (Å²) in [7, 11) is 1.74. The Balaban J connectivity index is 2.06. The summed E-state index contributed by atoms with van der Waals surface area (Å²) in [5, 5.41) is 0.679. The third-order valence-corrected chi connectivity index (χ3v) is 3.61. The van der Waals surface area contributed by atoms with Crippen LogP contribution in [0.5, 0.6) is 0 Å². The van der Waals surface area contributed by atoms with E-state index in [1.807, 2.05) is 6.07 Å². The minimum absolute atomic E-state index is 0.0902. The number of nitrogens with zero attached hydrogens (tertiary/aromatic N) is 1. The molecule has 0 spiro atoms. The fourth-order valence-corrected chi connectivity index (χ4v) is 2.38. The Morgan fingerprint density at radius 3 is 2.94 bits per heavy atom.